The number of aliphatic carboxylic acids is 1. The van der Waals surface area contributed by atoms with Gasteiger partial charge in [-0.1, -0.05) is 30.3 Å². The van der Waals surface area contributed by atoms with E-state index in [0.717, 1.165) is 24.1 Å². The standard InChI is InChI=1S/C21H27N3O3/c1-13(20(26)27)18(15-8-6-5-7-9-15)22-19(25)16-12-17(14-10-11-14)24(23-16)21(2,3)4/h5-9,12-14,18H,10-11H2,1-4H3,(H,22,25)(H,26,27). The summed E-state index contributed by atoms with van der Waals surface area (Å²) in [6.07, 6.45) is 2.23. The van der Waals surface area contributed by atoms with Crippen LogP contribution in [0.1, 0.15) is 74.2 Å². The zero-order valence-corrected chi connectivity index (χ0v) is 16.3. The molecule has 3 rings (SSSR count). The molecule has 2 unspecified atom stereocenters. The summed E-state index contributed by atoms with van der Waals surface area (Å²) >= 11 is 0. The number of carboxylic acid groups (broad SMARTS) is 1. The van der Waals surface area contributed by atoms with Crippen LogP contribution in [0.3, 0.4) is 0 Å². The van der Waals surface area contributed by atoms with Gasteiger partial charge in [0.25, 0.3) is 5.91 Å². The van der Waals surface area contributed by atoms with Gasteiger partial charge < -0.3 is 10.4 Å². The van der Waals surface area contributed by atoms with Crippen LogP contribution in [0.15, 0.2) is 36.4 Å². The molecular weight excluding hydrogens is 342 g/mol. The number of nitrogens with one attached hydrogen (secondary N) is 1. The molecule has 0 spiro atoms. The number of amides is 1. The van der Waals surface area contributed by atoms with Crippen LogP contribution >= 0.6 is 0 Å². The van der Waals surface area contributed by atoms with Crippen molar-refractivity contribution in [3.8, 4) is 0 Å². The van der Waals surface area contributed by atoms with E-state index in [4.69, 9.17) is 0 Å². The van der Waals surface area contributed by atoms with Gasteiger partial charge in [0.2, 0.25) is 0 Å². The Kier molecular flexibility index (Phi) is 5.09. The van der Waals surface area contributed by atoms with Gasteiger partial charge in [-0.05, 0) is 52.2 Å². The van der Waals surface area contributed by atoms with Crippen LogP contribution in [-0.2, 0) is 10.3 Å². The SMILES string of the molecule is CC(C(=O)O)C(NC(=O)c1cc(C2CC2)n(C(C)(C)C)n1)c1ccccc1. The van der Waals surface area contributed by atoms with E-state index in [1.54, 1.807) is 6.92 Å². The van der Waals surface area contributed by atoms with Gasteiger partial charge >= 0.3 is 5.97 Å². The Bertz CT molecular complexity index is 832. The second kappa shape index (κ2) is 7.18. The summed E-state index contributed by atoms with van der Waals surface area (Å²) in [6, 6.07) is 10.4. The normalized spacial score (nSPS) is 16.6. The summed E-state index contributed by atoms with van der Waals surface area (Å²) in [5.74, 6) is -1.60. The van der Waals surface area contributed by atoms with Crippen molar-refractivity contribution in [2.75, 3.05) is 0 Å². The van der Waals surface area contributed by atoms with Crippen LogP contribution in [0.5, 0.6) is 0 Å². The Balaban J connectivity index is 1.89. The first-order valence-electron chi connectivity index (χ1n) is 9.37. The summed E-state index contributed by atoms with van der Waals surface area (Å²) in [6.45, 7) is 7.79. The predicted octanol–water partition coefficient (Wildman–Crippen LogP) is 3.71. The molecule has 1 aromatic carbocycles. The lowest BCUT2D eigenvalue weighted by atomic mass is 9.94. The molecule has 0 aliphatic heterocycles. The predicted molar refractivity (Wildman–Crippen MR) is 103 cm³/mol. The number of hydrogen-bond acceptors (Lipinski definition) is 3. The molecule has 1 fully saturated rings. The molecular formula is C21H27N3O3. The first-order chi connectivity index (χ1) is 12.7. The van der Waals surface area contributed by atoms with E-state index in [1.807, 2.05) is 41.1 Å². The van der Waals surface area contributed by atoms with Crippen LogP contribution < -0.4 is 5.32 Å². The van der Waals surface area contributed by atoms with E-state index in [1.165, 1.54) is 0 Å². The molecule has 6 heteroatoms. The Morgan fingerprint density at radius 3 is 2.37 bits per heavy atom. The first-order valence-corrected chi connectivity index (χ1v) is 9.37. The molecule has 1 aliphatic rings. The summed E-state index contributed by atoms with van der Waals surface area (Å²) in [4.78, 5) is 24.5. The fraction of sp³-hybridized carbons (Fsp3) is 0.476. The molecule has 1 aromatic heterocycles. The molecule has 0 bridgehead atoms. The average Bonchev–Trinajstić information content (AvgIpc) is 3.36. The van der Waals surface area contributed by atoms with Crippen LogP contribution in [0.4, 0.5) is 0 Å². The molecule has 2 aromatic rings. The fourth-order valence-corrected chi connectivity index (χ4v) is 3.23. The van der Waals surface area contributed by atoms with E-state index < -0.39 is 17.9 Å². The Morgan fingerprint density at radius 2 is 1.85 bits per heavy atom. The highest BCUT2D eigenvalue weighted by atomic mass is 16.4. The lowest BCUT2D eigenvalue weighted by molar-refractivity contribution is -0.142. The van der Waals surface area contributed by atoms with Gasteiger partial charge in [-0.15, -0.1) is 0 Å². The van der Waals surface area contributed by atoms with Crippen LogP contribution in [-0.4, -0.2) is 26.8 Å². The average molecular weight is 369 g/mol. The molecule has 2 N–H and O–H groups in total. The second-order valence-electron chi connectivity index (χ2n) is 8.30. The van der Waals surface area contributed by atoms with Gasteiger partial charge in [0.15, 0.2) is 0 Å². The third-order valence-electron chi connectivity index (χ3n) is 4.94. The van der Waals surface area contributed by atoms with E-state index in [-0.39, 0.29) is 11.4 Å². The molecule has 0 saturated heterocycles. The Labute approximate surface area is 159 Å². The molecule has 27 heavy (non-hydrogen) atoms. The topological polar surface area (TPSA) is 84.2 Å². The number of hydrogen-bond donors (Lipinski definition) is 2. The largest absolute Gasteiger partial charge is 0.481 e. The highest BCUT2D eigenvalue weighted by molar-refractivity contribution is 5.93. The summed E-state index contributed by atoms with van der Waals surface area (Å²) in [5, 5.41) is 16.9. The van der Waals surface area contributed by atoms with Crippen LogP contribution in [0.25, 0.3) is 0 Å². The molecule has 1 saturated carbocycles. The zero-order valence-electron chi connectivity index (χ0n) is 16.3. The maximum absolute atomic E-state index is 12.9. The Hall–Kier alpha value is -2.63. The quantitative estimate of drug-likeness (QED) is 0.813. The van der Waals surface area contributed by atoms with Gasteiger partial charge in [-0.3, -0.25) is 14.3 Å². The maximum atomic E-state index is 12.9. The molecule has 144 valence electrons. The van der Waals surface area contributed by atoms with Gasteiger partial charge in [0.05, 0.1) is 17.5 Å². The van der Waals surface area contributed by atoms with Crippen molar-refractivity contribution in [3.63, 3.8) is 0 Å². The molecule has 0 radical (unpaired) electrons. The van der Waals surface area contributed by atoms with E-state index in [9.17, 15) is 14.7 Å². The molecule has 1 aliphatic carbocycles. The molecule has 2 atom stereocenters. The van der Waals surface area contributed by atoms with E-state index in [0.29, 0.717) is 11.6 Å². The van der Waals surface area contributed by atoms with Gasteiger partial charge in [-0.2, -0.15) is 5.10 Å². The molecule has 1 heterocycles. The molecule has 6 nitrogen and oxygen atoms in total. The lowest BCUT2D eigenvalue weighted by Crippen LogP contribution is -2.36. The monoisotopic (exact) mass is 369 g/mol. The smallest absolute Gasteiger partial charge is 0.308 e. The summed E-state index contributed by atoms with van der Waals surface area (Å²) in [7, 11) is 0. The number of benzene rings is 1. The minimum atomic E-state index is -0.956. The third kappa shape index (κ3) is 4.21. The van der Waals surface area contributed by atoms with Crippen molar-refractivity contribution >= 4 is 11.9 Å². The van der Waals surface area contributed by atoms with Gasteiger partial charge in [0, 0.05) is 11.6 Å². The number of carboxylic acids is 1. The van der Waals surface area contributed by atoms with Gasteiger partial charge in [0.1, 0.15) is 5.69 Å². The minimum Gasteiger partial charge on any atom is -0.481 e. The minimum absolute atomic E-state index is 0.219. The zero-order chi connectivity index (χ0) is 19.8. The maximum Gasteiger partial charge on any atom is 0.308 e. The van der Waals surface area contributed by atoms with Gasteiger partial charge in [-0.25, -0.2) is 0 Å². The van der Waals surface area contributed by atoms with Crippen molar-refractivity contribution in [3.05, 3.63) is 53.3 Å². The van der Waals surface area contributed by atoms with Crippen LogP contribution in [0, 0.1) is 5.92 Å². The third-order valence-corrected chi connectivity index (χ3v) is 4.94. The highest BCUT2D eigenvalue weighted by Gasteiger charge is 2.33. The van der Waals surface area contributed by atoms with Crippen molar-refractivity contribution in [1.82, 2.24) is 15.1 Å². The van der Waals surface area contributed by atoms with Crippen molar-refractivity contribution in [1.29, 1.82) is 0 Å². The number of aromatic nitrogens is 2. The second-order valence-corrected chi connectivity index (χ2v) is 8.30. The fourth-order valence-electron chi connectivity index (χ4n) is 3.23. The molecule has 1 amide bonds. The Morgan fingerprint density at radius 1 is 1.22 bits per heavy atom. The number of nitrogens with zero attached hydrogens (tertiary/aromatic N) is 2. The lowest BCUT2D eigenvalue weighted by Gasteiger charge is -2.23. The highest BCUT2D eigenvalue weighted by Crippen LogP contribution is 2.41. The van der Waals surface area contributed by atoms with Crippen molar-refractivity contribution < 1.29 is 14.7 Å². The van der Waals surface area contributed by atoms with E-state index >= 15 is 0 Å². The van der Waals surface area contributed by atoms with E-state index in [2.05, 4.69) is 31.2 Å². The first kappa shape index (κ1) is 19.1. The van der Waals surface area contributed by atoms with Crippen molar-refractivity contribution in [2.45, 2.75) is 58.0 Å². The number of rotatable bonds is 6. The van der Waals surface area contributed by atoms with Crippen LogP contribution in [0.2, 0.25) is 0 Å². The summed E-state index contributed by atoms with van der Waals surface area (Å²) in [5.41, 5.74) is 1.96. The number of carbonyl (C=O) groups is 2. The summed E-state index contributed by atoms with van der Waals surface area (Å²) < 4.78 is 1.93. The number of carbonyl (C=O) groups excluding carboxylic acids is 1. The van der Waals surface area contributed by atoms with Crippen molar-refractivity contribution in [2.24, 2.45) is 5.92 Å².